The molecule has 1 aromatic heterocycles. The van der Waals surface area contributed by atoms with Gasteiger partial charge in [0.2, 0.25) is 0 Å². The first kappa shape index (κ1) is 13.1. The molecule has 0 aromatic carbocycles. The predicted molar refractivity (Wildman–Crippen MR) is 63.0 cm³/mol. The maximum atomic E-state index is 9.39. The first-order valence-corrected chi connectivity index (χ1v) is 5.96. The lowest BCUT2D eigenvalue weighted by molar-refractivity contribution is 0.158. The van der Waals surface area contributed by atoms with Gasteiger partial charge in [-0.3, -0.25) is 4.68 Å². The quantitative estimate of drug-likeness (QED) is 0.688. The monoisotopic (exact) mass is 226 g/mol. The molecular weight excluding hydrogens is 204 g/mol. The Morgan fingerprint density at radius 1 is 1.44 bits per heavy atom. The lowest BCUT2D eigenvalue weighted by atomic mass is 10.2. The SMILES string of the molecule is CCC(O)CCNC(C)CCn1cncn1. The standard InChI is InChI=1S/C11H22N4O/c1-3-11(16)4-6-13-10(2)5-7-15-9-12-8-14-15/h8-11,13,16H,3-7H2,1-2H3. The number of rotatable bonds is 8. The summed E-state index contributed by atoms with van der Waals surface area (Å²) in [6, 6.07) is 0.438. The molecule has 0 aliphatic carbocycles. The van der Waals surface area contributed by atoms with Gasteiger partial charge in [0.15, 0.2) is 0 Å². The van der Waals surface area contributed by atoms with Crippen LogP contribution in [0.5, 0.6) is 0 Å². The van der Waals surface area contributed by atoms with E-state index in [0.717, 1.165) is 32.4 Å². The number of nitrogens with one attached hydrogen (secondary N) is 1. The lowest BCUT2D eigenvalue weighted by Crippen LogP contribution is -2.30. The highest BCUT2D eigenvalue weighted by atomic mass is 16.3. The molecule has 0 saturated carbocycles. The summed E-state index contributed by atoms with van der Waals surface area (Å²) in [5.41, 5.74) is 0. The average molecular weight is 226 g/mol. The number of aryl methyl sites for hydroxylation is 1. The topological polar surface area (TPSA) is 63.0 Å². The third-order valence-electron chi connectivity index (χ3n) is 2.70. The largest absolute Gasteiger partial charge is 0.393 e. The number of hydrogen-bond donors (Lipinski definition) is 2. The summed E-state index contributed by atoms with van der Waals surface area (Å²) in [4.78, 5) is 3.89. The van der Waals surface area contributed by atoms with Crippen molar-refractivity contribution in [2.24, 2.45) is 0 Å². The van der Waals surface area contributed by atoms with Gasteiger partial charge in [0.25, 0.3) is 0 Å². The number of nitrogens with zero attached hydrogens (tertiary/aromatic N) is 3. The summed E-state index contributed by atoms with van der Waals surface area (Å²) >= 11 is 0. The summed E-state index contributed by atoms with van der Waals surface area (Å²) in [5.74, 6) is 0. The lowest BCUT2D eigenvalue weighted by Gasteiger charge is -2.15. The minimum Gasteiger partial charge on any atom is -0.393 e. The Hall–Kier alpha value is -0.940. The summed E-state index contributed by atoms with van der Waals surface area (Å²) in [5, 5.41) is 16.8. The van der Waals surface area contributed by atoms with E-state index in [2.05, 4.69) is 22.3 Å². The van der Waals surface area contributed by atoms with Crippen molar-refractivity contribution in [3.63, 3.8) is 0 Å². The molecule has 1 heterocycles. The van der Waals surface area contributed by atoms with Crippen LogP contribution >= 0.6 is 0 Å². The van der Waals surface area contributed by atoms with E-state index in [9.17, 15) is 5.11 Å². The highest BCUT2D eigenvalue weighted by Crippen LogP contribution is 1.98. The Labute approximate surface area is 96.9 Å². The van der Waals surface area contributed by atoms with Gasteiger partial charge in [-0.05, 0) is 32.7 Å². The second kappa shape index (κ2) is 7.35. The van der Waals surface area contributed by atoms with Crippen LogP contribution in [0.4, 0.5) is 0 Å². The Morgan fingerprint density at radius 2 is 2.25 bits per heavy atom. The molecule has 1 aromatic rings. The van der Waals surface area contributed by atoms with E-state index in [-0.39, 0.29) is 6.10 Å². The van der Waals surface area contributed by atoms with Gasteiger partial charge in [0.1, 0.15) is 12.7 Å². The van der Waals surface area contributed by atoms with E-state index in [1.807, 2.05) is 11.6 Å². The van der Waals surface area contributed by atoms with Crippen molar-refractivity contribution < 1.29 is 5.11 Å². The van der Waals surface area contributed by atoms with Gasteiger partial charge < -0.3 is 10.4 Å². The van der Waals surface area contributed by atoms with E-state index in [1.165, 1.54) is 0 Å². The molecule has 2 unspecified atom stereocenters. The average Bonchev–Trinajstić information content (AvgIpc) is 2.79. The van der Waals surface area contributed by atoms with E-state index in [1.54, 1.807) is 12.7 Å². The molecule has 0 radical (unpaired) electrons. The molecule has 0 aliphatic heterocycles. The summed E-state index contributed by atoms with van der Waals surface area (Å²) in [7, 11) is 0. The fraction of sp³-hybridized carbons (Fsp3) is 0.818. The van der Waals surface area contributed by atoms with Crippen LogP contribution in [0, 0.1) is 0 Å². The highest BCUT2D eigenvalue weighted by Gasteiger charge is 2.04. The molecule has 92 valence electrons. The molecule has 1 rings (SSSR count). The van der Waals surface area contributed by atoms with Crippen LogP contribution < -0.4 is 5.32 Å². The number of hydrogen-bond acceptors (Lipinski definition) is 4. The van der Waals surface area contributed by atoms with Crippen molar-refractivity contribution in [3.8, 4) is 0 Å². The molecule has 0 saturated heterocycles. The van der Waals surface area contributed by atoms with Crippen molar-refractivity contribution in [2.75, 3.05) is 6.54 Å². The minimum absolute atomic E-state index is 0.171. The highest BCUT2D eigenvalue weighted by molar-refractivity contribution is 4.64. The van der Waals surface area contributed by atoms with E-state index >= 15 is 0 Å². The van der Waals surface area contributed by atoms with E-state index in [4.69, 9.17) is 0 Å². The van der Waals surface area contributed by atoms with Crippen molar-refractivity contribution in [3.05, 3.63) is 12.7 Å². The van der Waals surface area contributed by atoms with Gasteiger partial charge >= 0.3 is 0 Å². The van der Waals surface area contributed by atoms with Crippen LogP contribution in [0.3, 0.4) is 0 Å². The molecule has 5 nitrogen and oxygen atoms in total. The van der Waals surface area contributed by atoms with E-state index < -0.39 is 0 Å². The van der Waals surface area contributed by atoms with Crippen LogP contribution in [0.15, 0.2) is 12.7 Å². The van der Waals surface area contributed by atoms with Crippen molar-refractivity contribution in [1.82, 2.24) is 20.1 Å². The molecule has 2 N–H and O–H groups in total. The maximum absolute atomic E-state index is 9.39. The van der Waals surface area contributed by atoms with Crippen molar-refractivity contribution >= 4 is 0 Å². The molecule has 16 heavy (non-hydrogen) atoms. The smallest absolute Gasteiger partial charge is 0.137 e. The van der Waals surface area contributed by atoms with Gasteiger partial charge in [-0.2, -0.15) is 5.10 Å². The zero-order valence-electron chi connectivity index (χ0n) is 10.1. The molecule has 0 fully saturated rings. The fourth-order valence-electron chi connectivity index (χ4n) is 1.48. The van der Waals surface area contributed by atoms with Crippen LogP contribution in [0.2, 0.25) is 0 Å². The zero-order chi connectivity index (χ0) is 11.8. The van der Waals surface area contributed by atoms with Crippen molar-refractivity contribution in [1.29, 1.82) is 0 Å². The molecular formula is C11H22N4O. The zero-order valence-corrected chi connectivity index (χ0v) is 10.1. The Bertz CT molecular complexity index is 263. The molecule has 5 heteroatoms. The third-order valence-corrected chi connectivity index (χ3v) is 2.70. The van der Waals surface area contributed by atoms with Gasteiger partial charge in [-0.1, -0.05) is 6.92 Å². The Morgan fingerprint density at radius 3 is 2.88 bits per heavy atom. The van der Waals surface area contributed by atoms with Gasteiger partial charge in [-0.15, -0.1) is 0 Å². The summed E-state index contributed by atoms with van der Waals surface area (Å²) in [6.45, 7) is 5.89. The Balaban J connectivity index is 2.05. The first-order chi connectivity index (χ1) is 7.72. The van der Waals surface area contributed by atoms with Crippen LogP contribution in [0.1, 0.15) is 33.1 Å². The second-order valence-corrected chi connectivity index (χ2v) is 4.15. The normalized spacial score (nSPS) is 14.9. The molecule has 0 aliphatic rings. The molecule has 0 amide bonds. The Kier molecular flexibility index (Phi) is 6.03. The maximum Gasteiger partial charge on any atom is 0.137 e. The van der Waals surface area contributed by atoms with Gasteiger partial charge in [-0.25, -0.2) is 4.98 Å². The summed E-state index contributed by atoms with van der Waals surface area (Å²) < 4.78 is 1.83. The number of aliphatic hydroxyl groups is 1. The predicted octanol–water partition coefficient (Wildman–Crippen LogP) is 0.807. The van der Waals surface area contributed by atoms with Crippen molar-refractivity contribution in [2.45, 2.75) is 51.8 Å². The fourth-order valence-corrected chi connectivity index (χ4v) is 1.48. The minimum atomic E-state index is -0.171. The summed E-state index contributed by atoms with van der Waals surface area (Å²) in [6.07, 6.45) is 5.78. The van der Waals surface area contributed by atoms with Gasteiger partial charge in [0, 0.05) is 12.6 Å². The third kappa shape index (κ3) is 5.23. The van der Waals surface area contributed by atoms with Crippen LogP contribution in [-0.2, 0) is 6.54 Å². The first-order valence-electron chi connectivity index (χ1n) is 5.96. The molecule has 2 atom stereocenters. The van der Waals surface area contributed by atoms with Gasteiger partial charge in [0.05, 0.1) is 6.10 Å². The van der Waals surface area contributed by atoms with Crippen LogP contribution in [0.25, 0.3) is 0 Å². The van der Waals surface area contributed by atoms with E-state index in [0.29, 0.717) is 6.04 Å². The second-order valence-electron chi connectivity index (χ2n) is 4.15. The number of aromatic nitrogens is 3. The number of aliphatic hydroxyl groups excluding tert-OH is 1. The molecule has 0 bridgehead atoms. The molecule has 0 spiro atoms. The van der Waals surface area contributed by atoms with Crippen LogP contribution in [-0.4, -0.2) is 38.6 Å².